The number of benzene rings is 2. The summed E-state index contributed by atoms with van der Waals surface area (Å²) in [5, 5.41) is 3.38. The largest absolute Gasteiger partial charge is 0.339 e. The van der Waals surface area contributed by atoms with E-state index >= 15 is 0 Å². The van der Waals surface area contributed by atoms with Crippen molar-refractivity contribution in [3.05, 3.63) is 70.8 Å². The molecule has 1 fully saturated rings. The van der Waals surface area contributed by atoms with Crippen LogP contribution in [0.3, 0.4) is 0 Å². The predicted molar refractivity (Wildman–Crippen MR) is 105 cm³/mol. The van der Waals surface area contributed by atoms with Gasteiger partial charge in [-0.1, -0.05) is 29.8 Å². The fourth-order valence-corrected chi connectivity index (χ4v) is 3.13. The van der Waals surface area contributed by atoms with Crippen molar-refractivity contribution in [3.63, 3.8) is 0 Å². The first-order valence-corrected chi connectivity index (χ1v) is 9.14. The zero-order chi connectivity index (χ0) is 18.4. The maximum atomic E-state index is 12.4. The van der Waals surface area contributed by atoms with E-state index in [-0.39, 0.29) is 11.8 Å². The third-order valence-electron chi connectivity index (χ3n) is 4.36. The number of amides is 2. The van der Waals surface area contributed by atoms with Gasteiger partial charge in [-0.25, -0.2) is 0 Å². The Labute approximate surface area is 158 Å². The van der Waals surface area contributed by atoms with Crippen LogP contribution in [0.4, 0.5) is 5.69 Å². The maximum absolute atomic E-state index is 12.4. The molecule has 0 atom stereocenters. The summed E-state index contributed by atoms with van der Waals surface area (Å²) in [5.41, 5.74) is 2.08. The standard InChI is InChI=1S/C21H21ClN2O2/c22-19-7-3-2-6-16(19)10-13-20(25)23-18-11-8-17(9-12-18)21(26)24-14-4-1-5-15-24/h2-3,6-13H,1,4-5,14-15H2,(H,23,25)/b13-10+. The number of carbonyl (C=O) groups excluding carboxylic acids is 2. The summed E-state index contributed by atoms with van der Waals surface area (Å²) in [6.45, 7) is 1.65. The number of likely N-dealkylation sites (tertiary alicyclic amines) is 1. The first-order chi connectivity index (χ1) is 12.6. The van der Waals surface area contributed by atoms with Gasteiger partial charge in [0, 0.05) is 35.4 Å². The second-order valence-corrected chi connectivity index (χ2v) is 6.68. The molecule has 134 valence electrons. The molecule has 1 N–H and O–H groups in total. The van der Waals surface area contributed by atoms with Crippen LogP contribution in [-0.2, 0) is 4.79 Å². The Balaban J connectivity index is 1.59. The van der Waals surface area contributed by atoms with Crippen molar-refractivity contribution in [1.82, 2.24) is 4.90 Å². The van der Waals surface area contributed by atoms with Crippen LogP contribution in [0.15, 0.2) is 54.6 Å². The van der Waals surface area contributed by atoms with Crippen LogP contribution < -0.4 is 5.32 Å². The fourth-order valence-electron chi connectivity index (χ4n) is 2.94. The van der Waals surface area contributed by atoms with Gasteiger partial charge in [0.1, 0.15) is 0 Å². The molecular weight excluding hydrogens is 348 g/mol. The Morgan fingerprint density at radius 2 is 1.65 bits per heavy atom. The van der Waals surface area contributed by atoms with Gasteiger partial charge in [-0.05, 0) is 61.2 Å². The Kier molecular flexibility index (Phi) is 6.08. The number of carbonyl (C=O) groups is 2. The zero-order valence-electron chi connectivity index (χ0n) is 14.5. The van der Waals surface area contributed by atoms with Crippen LogP contribution in [0.2, 0.25) is 5.02 Å². The Bertz CT molecular complexity index is 809. The van der Waals surface area contributed by atoms with E-state index in [1.807, 2.05) is 23.1 Å². The Hall–Kier alpha value is -2.59. The highest BCUT2D eigenvalue weighted by atomic mass is 35.5. The van der Waals surface area contributed by atoms with Gasteiger partial charge in [-0.2, -0.15) is 0 Å². The molecule has 26 heavy (non-hydrogen) atoms. The highest BCUT2D eigenvalue weighted by Crippen LogP contribution is 2.17. The number of nitrogens with zero attached hydrogens (tertiary/aromatic N) is 1. The molecule has 0 saturated carbocycles. The molecule has 0 aliphatic carbocycles. The molecule has 3 rings (SSSR count). The summed E-state index contributed by atoms with van der Waals surface area (Å²) < 4.78 is 0. The minimum Gasteiger partial charge on any atom is -0.339 e. The molecule has 1 aliphatic heterocycles. The third-order valence-corrected chi connectivity index (χ3v) is 4.71. The van der Waals surface area contributed by atoms with Gasteiger partial charge in [0.05, 0.1) is 0 Å². The lowest BCUT2D eigenvalue weighted by Crippen LogP contribution is -2.35. The highest BCUT2D eigenvalue weighted by molar-refractivity contribution is 6.32. The number of piperidine rings is 1. The van der Waals surface area contributed by atoms with Crippen LogP contribution in [0, 0.1) is 0 Å². The second kappa shape index (κ2) is 8.68. The van der Waals surface area contributed by atoms with Gasteiger partial charge in [0.25, 0.3) is 5.91 Å². The lowest BCUT2D eigenvalue weighted by Gasteiger charge is -2.26. The molecule has 1 saturated heterocycles. The number of hydrogen-bond donors (Lipinski definition) is 1. The topological polar surface area (TPSA) is 49.4 Å². The molecule has 0 aromatic heterocycles. The van der Waals surface area contributed by atoms with E-state index in [0.29, 0.717) is 16.3 Å². The van der Waals surface area contributed by atoms with Crippen LogP contribution in [0.1, 0.15) is 35.2 Å². The normalized spacial score (nSPS) is 14.4. The highest BCUT2D eigenvalue weighted by Gasteiger charge is 2.17. The number of hydrogen-bond acceptors (Lipinski definition) is 2. The minimum atomic E-state index is -0.250. The fraction of sp³-hybridized carbons (Fsp3) is 0.238. The number of nitrogens with one attached hydrogen (secondary N) is 1. The van der Waals surface area contributed by atoms with E-state index in [1.165, 1.54) is 12.5 Å². The van der Waals surface area contributed by atoms with E-state index in [2.05, 4.69) is 5.32 Å². The zero-order valence-corrected chi connectivity index (χ0v) is 15.2. The molecule has 2 aromatic carbocycles. The van der Waals surface area contributed by atoms with Gasteiger partial charge in [-0.15, -0.1) is 0 Å². The van der Waals surface area contributed by atoms with Crippen molar-refractivity contribution in [1.29, 1.82) is 0 Å². The molecule has 1 heterocycles. The lowest BCUT2D eigenvalue weighted by atomic mass is 10.1. The summed E-state index contributed by atoms with van der Waals surface area (Å²) in [5.74, 6) is -0.193. The summed E-state index contributed by atoms with van der Waals surface area (Å²) in [6.07, 6.45) is 6.44. The maximum Gasteiger partial charge on any atom is 0.253 e. The molecule has 5 heteroatoms. The molecule has 4 nitrogen and oxygen atoms in total. The summed E-state index contributed by atoms with van der Waals surface area (Å²) in [4.78, 5) is 26.4. The first kappa shape index (κ1) is 18.2. The van der Waals surface area contributed by atoms with Gasteiger partial charge in [0.2, 0.25) is 5.91 Å². The molecule has 0 bridgehead atoms. The van der Waals surface area contributed by atoms with Crippen molar-refractivity contribution in [2.75, 3.05) is 18.4 Å². The summed E-state index contributed by atoms with van der Waals surface area (Å²) in [6, 6.07) is 14.3. The van der Waals surface area contributed by atoms with E-state index < -0.39 is 0 Å². The molecule has 0 radical (unpaired) electrons. The summed E-state index contributed by atoms with van der Waals surface area (Å²) in [7, 11) is 0. The monoisotopic (exact) mass is 368 g/mol. The van der Waals surface area contributed by atoms with Gasteiger partial charge in [0.15, 0.2) is 0 Å². The van der Waals surface area contributed by atoms with Crippen LogP contribution >= 0.6 is 11.6 Å². The average Bonchev–Trinajstić information content (AvgIpc) is 2.68. The smallest absolute Gasteiger partial charge is 0.253 e. The number of rotatable bonds is 4. The molecule has 1 aliphatic rings. The van der Waals surface area contributed by atoms with Crippen molar-refractivity contribution >= 4 is 35.2 Å². The molecule has 2 amide bonds. The lowest BCUT2D eigenvalue weighted by molar-refractivity contribution is -0.111. The Morgan fingerprint density at radius 1 is 0.962 bits per heavy atom. The van der Waals surface area contributed by atoms with E-state index in [1.54, 1.807) is 36.4 Å². The number of anilines is 1. The van der Waals surface area contributed by atoms with Gasteiger partial charge in [-0.3, -0.25) is 9.59 Å². The van der Waals surface area contributed by atoms with Crippen LogP contribution in [0.25, 0.3) is 6.08 Å². The van der Waals surface area contributed by atoms with Gasteiger partial charge >= 0.3 is 0 Å². The SMILES string of the molecule is O=C(/C=C/c1ccccc1Cl)Nc1ccc(C(=O)N2CCCCC2)cc1. The average molecular weight is 369 g/mol. The van der Waals surface area contributed by atoms with Crippen LogP contribution in [0.5, 0.6) is 0 Å². The van der Waals surface area contributed by atoms with Crippen molar-refractivity contribution < 1.29 is 9.59 Å². The second-order valence-electron chi connectivity index (χ2n) is 6.27. The summed E-state index contributed by atoms with van der Waals surface area (Å²) >= 11 is 6.06. The quantitative estimate of drug-likeness (QED) is 0.800. The van der Waals surface area contributed by atoms with Crippen molar-refractivity contribution in [3.8, 4) is 0 Å². The van der Waals surface area contributed by atoms with Crippen molar-refractivity contribution in [2.45, 2.75) is 19.3 Å². The van der Waals surface area contributed by atoms with E-state index in [4.69, 9.17) is 11.6 Å². The predicted octanol–water partition coefficient (Wildman–Crippen LogP) is 4.62. The third kappa shape index (κ3) is 4.73. The first-order valence-electron chi connectivity index (χ1n) is 8.76. The molecule has 0 spiro atoms. The van der Waals surface area contributed by atoms with Crippen molar-refractivity contribution in [2.24, 2.45) is 0 Å². The molecular formula is C21H21ClN2O2. The minimum absolute atomic E-state index is 0.0567. The van der Waals surface area contributed by atoms with Gasteiger partial charge < -0.3 is 10.2 Å². The van der Waals surface area contributed by atoms with E-state index in [9.17, 15) is 9.59 Å². The molecule has 2 aromatic rings. The van der Waals surface area contributed by atoms with Crippen LogP contribution in [-0.4, -0.2) is 29.8 Å². The van der Waals surface area contributed by atoms with E-state index in [0.717, 1.165) is 31.5 Å². The molecule has 0 unspecified atom stereocenters. The number of halogens is 1. The Morgan fingerprint density at radius 3 is 2.35 bits per heavy atom.